The molecule has 0 aliphatic heterocycles. The van der Waals surface area contributed by atoms with E-state index in [-0.39, 0.29) is 0 Å². The maximum atomic E-state index is 11.3. The molecule has 0 aliphatic carbocycles. The number of rotatable bonds is 4. The maximum absolute atomic E-state index is 11.3. The molecule has 0 spiro atoms. The second kappa shape index (κ2) is 5.63. The number of aromatic nitrogens is 1. The molecule has 5 nitrogen and oxygen atoms in total. The van der Waals surface area contributed by atoms with Crippen LogP contribution in [-0.4, -0.2) is 30.2 Å². The van der Waals surface area contributed by atoms with Gasteiger partial charge in [-0.3, -0.25) is 0 Å². The summed E-state index contributed by atoms with van der Waals surface area (Å²) in [6.07, 6.45) is 1.45. The monoisotopic (exact) mass is 350 g/mol. The Morgan fingerprint density at radius 2 is 2.24 bits per heavy atom. The van der Waals surface area contributed by atoms with Crippen LogP contribution in [0, 0.1) is 3.70 Å². The minimum atomic E-state index is -0.440. The number of carbonyl (C=O) groups is 1. The average Bonchev–Trinajstić information content (AvgIpc) is 2.26. The highest BCUT2D eigenvalue weighted by atomic mass is 127. The van der Waals surface area contributed by atoms with E-state index in [1.807, 2.05) is 36.4 Å². The average molecular weight is 350 g/mol. The summed E-state index contributed by atoms with van der Waals surface area (Å²) in [6, 6.07) is 1.60. The Kier molecular flexibility index (Phi) is 4.70. The molecule has 1 rings (SSSR count). The van der Waals surface area contributed by atoms with Gasteiger partial charge >= 0.3 is 5.97 Å². The lowest BCUT2D eigenvalue weighted by atomic mass is 10.1. The van der Waals surface area contributed by atoms with Gasteiger partial charge < -0.3 is 15.2 Å². The summed E-state index contributed by atoms with van der Waals surface area (Å²) < 4.78 is 10.8. The highest BCUT2D eigenvalue weighted by Gasteiger charge is 2.15. The molecular formula is C11H15IN2O3. The third kappa shape index (κ3) is 4.47. The lowest BCUT2D eigenvalue weighted by Gasteiger charge is -2.19. The summed E-state index contributed by atoms with van der Waals surface area (Å²) in [5.74, 6) is 0.0952. The molecule has 0 atom stereocenters. The van der Waals surface area contributed by atoms with Gasteiger partial charge in [-0.1, -0.05) is 0 Å². The first kappa shape index (κ1) is 14.2. The molecule has 1 heterocycles. The van der Waals surface area contributed by atoms with Gasteiger partial charge in [0, 0.05) is 11.7 Å². The molecule has 94 valence electrons. The molecule has 0 amide bonds. The highest BCUT2D eigenvalue weighted by Crippen LogP contribution is 2.21. The quantitative estimate of drug-likeness (QED) is 0.507. The van der Waals surface area contributed by atoms with E-state index in [0.717, 1.165) is 0 Å². The van der Waals surface area contributed by atoms with E-state index < -0.39 is 11.5 Å². The summed E-state index contributed by atoms with van der Waals surface area (Å²) in [6.45, 7) is 4.06. The Labute approximate surface area is 114 Å². The van der Waals surface area contributed by atoms with Crippen LogP contribution >= 0.6 is 22.6 Å². The molecule has 0 radical (unpaired) electrons. The van der Waals surface area contributed by atoms with Crippen molar-refractivity contribution in [3.63, 3.8) is 0 Å². The van der Waals surface area contributed by atoms with E-state index in [1.54, 1.807) is 6.07 Å². The van der Waals surface area contributed by atoms with Crippen LogP contribution in [0.1, 0.15) is 24.2 Å². The second-order valence-electron chi connectivity index (χ2n) is 4.28. The molecule has 2 N–H and O–H groups in total. The summed E-state index contributed by atoms with van der Waals surface area (Å²) in [5, 5.41) is 0. The summed E-state index contributed by atoms with van der Waals surface area (Å²) in [5.41, 5.74) is 5.74. The standard InChI is InChI=1S/C11H15IN2O3/c1-11(2,13)6-17-8-4-7(10(15)16-3)5-14-9(8)12/h4-5H,6,13H2,1-3H3. The number of esters is 1. The lowest BCUT2D eigenvalue weighted by molar-refractivity contribution is 0.0599. The van der Waals surface area contributed by atoms with Crippen LogP contribution in [-0.2, 0) is 4.74 Å². The van der Waals surface area contributed by atoms with Crippen LogP contribution in [0.15, 0.2) is 12.3 Å². The van der Waals surface area contributed by atoms with Crippen LogP contribution in [0.25, 0.3) is 0 Å². The van der Waals surface area contributed by atoms with Crippen molar-refractivity contribution in [1.29, 1.82) is 0 Å². The SMILES string of the molecule is COC(=O)c1cnc(I)c(OCC(C)(C)N)c1. The fraction of sp³-hybridized carbons (Fsp3) is 0.455. The van der Waals surface area contributed by atoms with Crippen molar-refractivity contribution in [3.05, 3.63) is 21.5 Å². The van der Waals surface area contributed by atoms with E-state index >= 15 is 0 Å². The minimum Gasteiger partial charge on any atom is -0.489 e. The van der Waals surface area contributed by atoms with Gasteiger partial charge in [-0.2, -0.15) is 0 Å². The molecule has 0 aliphatic rings. The first-order chi connectivity index (χ1) is 7.83. The molecular weight excluding hydrogens is 335 g/mol. The number of carbonyl (C=O) groups excluding carboxylic acids is 1. The Morgan fingerprint density at radius 3 is 2.76 bits per heavy atom. The number of nitrogens with two attached hydrogens (primary N) is 1. The van der Waals surface area contributed by atoms with Gasteiger partial charge in [-0.15, -0.1) is 0 Å². The molecule has 6 heteroatoms. The van der Waals surface area contributed by atoms with E-state index in [1.165, 1.54) is 13.3 Å². The van der Waals surface area contributed by atoms with Gasteiger partial charge in [-0.25, -0.2) is 9.78 Å². The van der Waals surface area contributed by atoms with Crippen LogP contribution in [0.2, 0.25) is 0 Å². The number of pyridine rings is 1. The van der Waals surface area contributed by atoms with E-state index in [9.17, 15) is 4.79 Å². The number of methoxy groups -OCH3 is 1. The predicted molar refractivity (Wildman–Crippen MR) is 72.1 cm³/mol. The minimum absolute atomic E-state index is 0.343. The Balaban J connectivity index is 2.87. The highest BCUT2D eigenvalue weighted by molar-refractivity contribution is 14.1. The number of ether oxygens (including phenoxy) is 2. The smallest absolute Gasteiger partial charge is 0.339 e. The van der Waals surface area contributed by atoms with Gasteiger partial charge in [0.15, 0.2) is 5.75 Å². The van der Waals surface area contributed by atoms with Crippen molar-refractivity contribution in [1.82, 2.24) is 4.98 Å². The summed E-state index contributed by atoms with van der Waals surface area (Å²) in [7, 11) is 1.32. The van der Waals surface area contributed by atoms with E-state index in [2.05, 4.69) is 9.72 Å². The molecule has 0 saturated heterocycles. The maximum Gasteiger partial charge on any atom is 0.339 e. The number of halogens is 1. The molecule has 0 fully saturated rings. The lowest BCUT2D eigenvalue weighted by Crippen LogP contribution is -2.38. The van der Waals surface area contributed by atoms with Crippen molar-refractivity contribution < 1.29 is 14.3 Å². The van der Waals surface area contributed by atoms with Crippen LogP contribution in [0.4, 0.5) is 0 Å². The van der Waals surface area contributed by atoms with Gasteiger partial charge in [0.25, 0.3) is 0 Å². The van der Waals surface area contributed by atoms with Crippen molar-refractivity contribution in [2.45, 2.75) is 19.4 Å². The number of hydrogen-bond donors (Lipinski definition) is 1. The fourth-order valence-corrected chi connectivity index (χ4v) is 1.47. The molecule has 1 aromatic rings. The second-order valence-corrected chi connectivity index (χ2v) is 5.30. The topological polar surface area (TPSA) is 74.4 Å². The fourth-order valence-electron chi connectivity index (χ4n) is 1.02. The molecule has 0 saturated carbocycles. The van der Waals surface area contributed by atoms with Crippen molar-refractivity contribution in [2.24, 2.45) is 5.73 Å². The number of nitrogens with zero attached hydrogens (tertiary/aromatic N) is 1. The molecule has 0 unspecified atom stereocenters. The number of hydrogen-bond acceptors (Lipinski definition) is 5. The van der Waals surface area contributed by atoms with Crippen LogP contribution in [0.5, 0.6) is 5.75 Å². The van der Waals surface area contributed by atoms with Crippen LogP contribution in [0.3, 0.4) is 0 Å². The normalized spacial score (nSPS) is 11.1. The van der Waals surface area contributed by atoms with E-state index in [0.29, 0.717) is 21.6 Å². The van der Waals surface area contributed by atoms with Crippen molar-refractivity contribution in [3.8, 4) is 5.75 Å². The van der Waals surface area contributed by atoms with Gasteiger partial charge in [0.05, 0.1) is 12.7 Å². The zero-order valence-electron chi connectivity index (χ0n) is 9.99. The Bertz CT molecular complexity index is 416. The van der Waals surface area contributed by atoms with E-state index in [4.69, 9.17) is 10.5 Å². The largest absolute Gasteiger partial charge is 0.489 e. The van der Waals surface area contributed by atoms with Crippen LogP contribution < -0.4 is 10.5 Å². The summed E-state index contributed by atoms with van der Waals surface area (Å²) in [4.78, 5) is 15.4. The Hall–Kier alpha value is -0.890. The molecule has 17 heavy (non-hydrogen) atoms. The third-order valence-corrected chi connectivity index (χ3v) is 2.64. The van der Waals surface area contributed by atoms with Gasteiger partial charge in [0.1, 0.15) is 10.3 Å². The van der Waals surface area contributed by atoms with Gasteiger partial charge in [0.2, 0.25) is 0 Å². The van der Waals surface area contributed by atoms with Crippen molar-refractivity contribution in [2.75, 3.05) is 13.7 Å². The molecule has 1 aromatic heterocycles. The summed E-state index contributed by atoms with van der Waals surface area (Å²) >= 11 is 2.04. The third-order valence-electron chi connectivity index (χ3n) is 1.83. The Morgan fingerprint density at radius 1 is 1.59 bits per heavy atom. The molecule has 0 aromatic carbocycles. The molecule has 0 bridgehead atoms. The zero-order chi connectivity index (χ0) is 13.1. The predicted octanol–water partition coefficient (Wildman–Crippen LogP) is 1.59. The zero-order valence-corrected chi connectivity index (χ0v) is 12.1. The van der Waals surface area contributed by atoms with Gasteiger partial charge in [-0.05, 0) is 42.5 Å². The van der Waals surface area contributed by atoms with Crippen molar-refractivity contribution >= 4 is 28.6 Å². The first-order valence-electron chi connectivity index (χ1n) is 4.99. The first-order valence-corrected chi connectivity index (χ1v) is 6.07.